The number of hydrogen-bond donors (Lipinski definition) is 2. The van der Waals surface area contributed by atoms with Crippen LogP contribution in [0.2, 0.25) is 0 Å². The molecule has 0 aromatic carbocycles. The molecule has 0 bridgehead atoms. The topological polar surface area (TPSA) is 50.7 Å². The highest BCUT2D eigenvalue weighted by atomic mass is 32.3. The van der Waals surface area contributed by atoms with Crippen LogP contribution in [0, 0.1) is 5.21 Å². The Morgan fingerprint density at radius 1 is 1.50 bits per heavy atom. The van der Waals surface area contributed by atoms with Crippen LogP contribution in [0.15, 0.2) is 0 Å². The smallest absolute Gasteiger partial charge is 0.0652 e. The highest BCUT2D eigenvalue weighted by Crippen LogP contribution is 1.26. The second kappa shape index (κ2) is 91.0. The normalized spacial score (nSPS) is 3.75. The van der Waals surface area contributed by atoms with Crippen molar-refractivity contribution in [2.24, 2.45) is 0 Å². The zero-order chi connectivity index (χ0) is 4.00. The van der Waals surface area contributed by atoms with Gasteiger partial charge in [0.2, 0.25) is 0 Å². The SMILES string of the molecule is [NH3+][O-].[SiH3]S. The van der Waals surface area contributed by atoms with Gasteiger partial charge in [-0.25, -0.2) is 12.1 Å². The summed E-state index contributed by atoms with van der Waals surface area (Å²) >= 11 is 3.67. The Hall–Kier alpha value is 0.487. The quantitative estimate of drug-likeness (QED) is 0.203. The molecule has 0 heterocycles. The summed E-state index contributed by atoms with van der Waals surface area (Å²) in [4.78, 5) is 0. The minimum atomic E-state index is 1.00. The Bertz CT molecular complexity index is 8.00. The molecule has 0 aliphatic carbocycles. The van der Waals surface area contributed by atoms with Crippen molar-refractivity contribution in [3.8, 4) is 0 Å². The van der Waals surface area contributed by atoms with Gasteiger partial charge in [-0.1, -0.05) is 0 Å². The van der Waals surface area contributed by atoms with E-state index in [0.717, 1.165) is 9.39 Å². The molecule has 0 aromatic rings. The van der Waals surface area contributed by atoms with Gasteiger partial charge in [0, 0.05) is 0 Å². The summed E-state index contributed by atoms with van der Waals surface area (Å²) in [7, 11) is 1.00. The fourth-order valence-corrected chi connectivity index (χ4v) is 0. The third-order valence-corrected chi connectivity index (χ3v) is 0. The maximum atomic E-state index is 8.00. The van der Waals surface area contributed by atoms with E-state index >= 15 is 0 Å². The average molecular weight is 97.2 g/mol. The lowest BCUT2D eigenvalue weighted by Crippen LogP contribution is -2.37. The summed E-state index contributed by atoms with van der Waals surface area (Å²) in [6.07, 6.45) is 0. The van der Waals surface area contributed by atoms with Crippen molar-refractivity contribution in [2.75, 3.05) is 0 Å². The van der Waals surface area contributed by atoms with Crippen molar-refractivity contribution >= 4 is 21.5 Å². The standard InChI is InChI=1S/H3NO.H4SSi/c2*1-2/h1H3;1H,2H3. The van der Waals surface area contributed by atoms with Gasteiger partial charge >= 0.3 is 0 Å². The molecule has 0 aromatic heterocycles. The van der Waals surface area contributed by atoms with Gasteiger partial charge in [0.1, 0.15) is 0 Å². The van der Waals surface area contributed by atoms with Crippen LogP contribution < -0.4 is 5.90 Å². The minimum Gasteiger partial charge on any atom is -0.637 e. The lowest BCUT2D eigenvalue weighted by molar-refractivity contribution is -0.275. The monoisotopic (exact) mass is 97.0 g/mol. The van der Waals surface area contributed by atoms with Crippen molar-refractivity contribution in [2.45, 2.75) is 0 Å². The van der Waals surface area contributed by atoms with Gasteiger partial charge in [-0.05, 0) is 0 Å². The first-order chi connectivity index (χ1) is 2.00. The Morgan fingerprint density at radius 2 is 1.50 bits per heavy atom. The van der Waals surface area contributed by atoms with E-state index in [-0.39, 0.29) is 0 Å². The number of rotatable bonds is 0. The summed E-state index contributed by atoms with van der Waals surface area (Å²) in [6, 6.07) is 0. The van der Waals surface area contributed by atoms with Gasteiger partial charge < -0.3 is 11.1 Å². The van der Waals surface area contributed by atoms with E-state index in [9.17, 15) is 0 Å². The first-order valence-electron chi connectivity index (χ1n) is 0.736. The highest BCUT2D eigenvalue weighted by molar-refractivity contribution is 8.03. The summed E-state index contributed by atoms with van der Waals surface area (Å²) in [5.74, 6) is 2.00. The molecule has 0 saturated heterocycles. The van der Waals surface area contributed by atoms with Crippen LogP contribution in [0.25, 0.3) is 0 Å². The zero-order valence-corrected chi connectivity index (χ0v) is 5.46. The van der Waals surface area contributed by atoms with Crippen LogP contribution in [0.3, 0.4) is 0 Å². The molecule has 3 N–H and O–H groups in total. The van der Waals surface area contributed by atoms with Gasteiger partial charge in [-0.15, -0.1) is 0 Å². The highest BCUT2D eigenvalue weighted by Gasteiger charge is 0.935. The maximum absolute atomic E-state index is 8.00. The van der Waals surface area contributed by atoms with Crippen molar-refractivity contribution in [3.05, 3.63) is 5.21 Å². The van der Waals surface area contributed by atoms with Crippen molar-refractivity contribution < 1.29 is 5.90 Å². The summed E-state index contributed by atoms with van der Waals surface area (Å²) < 4.78 is 0. The molecule has 0 amide bonds. The first kappa shape index (κ1) is 8.82. The average Bonchev–Trinajstić information content (AvgIpc) is 1.50. The van der Waals surface area contributed by atoms with Crippen LogP contribution in [0.1, 0.15) is 0 Å². The third kappa shape index (κ3) is 23.2. The fourth-order valence-electron chi connectivity index (χ4n) is 0. The van der Waals surface area contributed by atoms with E-state index in [1.807, 2.05) is 5.90 Å². The maximum Gasteiger partial charge on any atom is 0.0652 e. The molecule has 0 spiro atoms. The molecule has 2 nitrogen and oxygen atoms in total. The second-order valence-corrected chi connectivity index (χ2v) is 0. The molecular formula is H7NOSSi. The third-order valence-electron chi connectivity index (χ3n) is 0. The molecule has 4 heavy (non-hydrogen) atoms. The summed E-state index contributed by atoms with van der Waals surface area (Å²) in [5, 5.41) is 8.00. The molecule has 0 fully saturated rings. The molecule has 0 unspecified atom stereocenters. The van der Waals surface area contributed by atoms with E-state index in [4.69, 9.17) is 5.21 Å². The first-order valence-corrected chi connectivity index (χ1v) is 4.31. The minimum absolute atomic E-state index is 1.00. The van der Waals surface area contributed by atoms with Crippen LogP contribution in [-0.4, -0.2) is 9.39 Å². The fraction of sp³-hybridized carbons (Fsp3) is 0. The predicted molar refractivity (Wildman–Crippen MR) is 25.2 cm³/mol. The molecular weight excluding hydrogens is 90.2 g/mol. The van der Waals surface area contributed by atoms with Gasteiger partial charge in [-0.2, -0.15) is 0 Å². The van der Waals surface area contributed by atoms with Crippen LogP contribution in [0.4, 0.5) is 0 Å². The molecule has 0 atom stereocenters. The van der Waals surface area contributed by atoms with Crippen molar-refractivity contribution in [1.82, 2.24) is 0 Å². The van der Waals surface area contributed by atoms with E-state index in [1.165, 1.54) is 0 Å². The molecule has 0 aliphatic rings. The number of thiol groups is 1. The van der Waals surface area contributed by atoms with Crippen molar-refractivity contribution in [1.29, 1.82) is 0 Å². The van der Waals surface area contributed by atoms with Crippen LogP contribution in [0.5, 0.6) is 0 Å². The van der Waals surface area contributed by atoms with Gasteiger partial charge in [0.05, 0.1) is 9.39 Å². The lowest BCUT2D eigenvalue weighted by Gasteiger charge is -1.52. The van der Waals surface area contributed by atoms with Crippen molar-refractivity contribution in [3.63, 3.8) is 0 Å². The number of hydrogen-bond acceptors (Lipinski definition) is 2. The summed E-state index contributed by atoms with van der Waals surface area (Å²) in [6.45, 7) is 0. The molecule has 0 rings (SSSR count). The van der Waals surface area contributed by atoms with Crippen LogP contribution in [-0.2, 0) is 0 Å². The Morgan fingerprint density at radius 3 is 1.50 bits per heavy atom. The Kier molecular flexibility index (Phi) is 201. The zero-order valence-electron chi connectivity index (χ0n) is 2.56. The van der Waals surface area contributed by atoms with Gasteiger partial charge in [-0.3, -0.25) is 0 Å². The Labute approximate surface area is 33.4 Å². The molecule has 4 heteroatoms. The second-order valence-electron chi connectivity index (χ2n) is 0. The van der Waals surface area contributed by atoms with Crippen LogP contribution >= 0.6 is 12.1 Å². The molecule has 0 aliphatic heterocycles. The summed E-state index contributed by atoms with van der Waals surface area (Å²) in [5.41, 5.74) is 0. The molecule has 0 radical (unpaired) electrons. The van der Waals surface area contributed by atoms with E-state index < -0.39 is 0 Å². The van der Waals surface area contributed by atoms with Gasteiger partial charge in [0.15, 0.2) is 0 Å². The number of quaternary nitrogens is 1. The van der Waals surface area contributed by atoms with Gasteiger partial charge in [0.25, 0.3) is 0 Å². The molecule has 28 valence electrons. The molecule has 0 saturated carbocycles. The largest absolute Gasteiger partial charge is 0.637 e. The van der Waals surface area contributed by atoms with E-state index in [0.29, 0.717) is 0 Å². The Balaban J connectivity index is 0. The predicted octanol–water partition coefficient (Wildman–Crippen LogP) is -2.08. The van der Waals surface area contributed by atoms with E-state index in [1.54, 1.807) is 0 Å². The van der Waals surface area contributed by atoms with E-state index in [2.05, 4.69) is 12.1 Å². The lowest BCUT2D eigenvalue weighted by atomic mass is 13.6.